The number of aromatic nitrogens is 1. The molecule has 16 heavy (non-hydrogen) atoms. The first-order valence-electron chi connectivity index (χ1n) is 5.70. The first-order valence-corrected chi connectivity index (χ1v) is 5.70. The molecule has 1 aliphatic carbocycles. The molecule has 0 saturated heterocycles. The molecule has 1 aromatic rings. The van der Waals surface area contributed by atoms with Crippen LogP contribution in [-0.4, -0.2) is 22.7 Å². The molecule has 1 saturated carbocycles. The lowest BCUT2D eigenvalue weighted by atomic mass is 10.2. The predicted molar refractivity (Wildman–Crippen MR) is 65.5 cm³/mol. The molecule has 0 unspecified atom stereocenters. The van der Waals surface area contributed by atoms with Gasteiger partial charge in [0.05, 0.1) is 6.61 Å². The van der Waals surface area contributed by atoms with Gasteiger partial charge >= 0.3 is 0 Å². The Morgan fingerprint density at radius 2 is 2.31 bits per heavy atom. The minimum Gasteiger partial charge on any atom is -0.392 e. The van der Waals surface area contributed by atoms with Crippen LogP contribution >= 0.6 is 0 Å². The highest BCUT2D eigenvalue weighted by molar-refractivity contribution is 5.45. The Kier molecular flexibility index (Phi) is 3.25. The van der Waals surface area contributed by atoms with E-state index in [1.165, 1.54) is 12.8 Å². The Labute approximate surface area is 96.4 Å². The number of aryl methyl sites for hydroxylation is 1. The number of aliphatic hydroxyl groups excluding tert-OH is 1. The highest BCUT2D eigenvalue weighted by Crippen LogP contribution is 2.31. The number of nitrogens with zero attached hydrogens (tertiary/aromatic N) is 2. The average Bonchev–Trinajstić information content (AvgIpc) is 3.08. The van der Waals surface area contributed by atoms with E-state index in [1.54, 1.807) is 0 Å². The van der Waals surface area contributed by atoms with Gasteiger partial charge in [0.2, 0.25) is 0 Å². The third-order valence-electron chi connectivity index (χ3n) is 2.79. The monoisotopic (exact) mass is 218 g/mol. The topological polar surface area (TPSA) is 36.4 Å². The molecule has 1 N–H and O–H groups in total. The summed E-state index contributed by atoms with van der Waals surface area (Å²) in [7, 11) is 0. The van der Waals surface area contributed by atoms with E-state index < -0.39 is 0 Å². The zero-order valence-corrected chi connectivity index (χ0v) is 9.69. The van der Waals surface area contributed by atoms with Gasteiger partial charge in [-0.3, -0.25) is 0 Å². The molecule has 0 atom stereocenters. The maximum atomic E-state index is 9.19. The maximum absolute atomic E-state index is 9.19. The largest absolute Gasteiger partial charge is 0.392 e. The van der Waals surface area contributed by atoms with E-state index in [-0.39, 0.29) is 6.61 Å². The van der Waals surface area contributed by atoms with Gasteiger partial charge in [0, 0.05) is 18.3 Å². The van der Waals surface area contributed by atoms with Crippen molar-refractivity contribution in [1.82, 2.24) is 4.98 Å². The molecular weight excluding hydrogens is 200 g/mol. The summed E-state index contributed by atoms with van der Waals surface area (Å²) in [6.07, 6.45) is 4.37. The fourth-order valence-electron chi connectivity index (χ4n) is 1.91. The van der Waals surface area contributed by atoms with Crippen LogP contribution in [-0.2, 0) is 6.61 Å². The Balaban J connectivity index is 2.28. The van der Waals surface area contributed by atoms with Gasteiger partial charge in [-0.15, -0.1) is 6.58 Å². The maximum Gasteiger partial charge on any atom is 0.129 e. The van der Waals surface area contributed by atoms with Gasteiger partial charge < -0.3 is 10.0 Å². The number of rotatable bonds is 5. The van der Waals surface area contributed by atoms with E-state index in [9.17, 15) is 5.11 Å². The molecule has 0 bridgehead atoms. The second-order valence-corrected chi connectivity index (χ2v) is 4.31. The van der Waals surface area contributed by atoms with Crippen molar-refractivity contribution in [3.05, 3.63) is 36.0 Å². The fourth-order valence-corrected chi connectivity index (χ4v) is 1.91. The quantitative estimate of drug-likeness (QED) is 0.768. The first kappa shape index (κ1) is 11.1. The molecule has 0 radical (unpaired) electrons. The lowest BCUT2D eigenvalue weighted by Gasteiger charge is -2.22. The van der Waals surface area contributed by atoms with Crippen LogP contribution in [0.15, 0.2) is 24.8 Å². The van der Waals surface area contributed by atoms with Gasteiger partial charge in [-0.25, -0.2) is 4.98 Å². The molecule has 3 heteroatoms. The van der Waals surface area contributed by atoms with Crippen LogP contribution in [0.4, 0.5) is 5.82 Å². The lowest BCUT2D eigenvalue weighted by Crippen LogP contribution is -2.26. The van der Waals surface area contributed by atoms with Gasteiger partial charge in [0.25, 0.3) is 0 Å². The highest BCUT2D eigenvalue weighted by Gasteiger charge is 2.29. The first-order chi connectivity index (χ1) is 7.74. The van der Waals surface area contributed by atoms with Crippen molar-refractivity contribution < 1.29 is 5.11 Å². The van der Waals surface area contributed by atoms with Crippen molar-refractivity contribution >= 4 is 5.82 Å². The van der Waals surface area contributed by atoms with Crippen LogP contribution in [0.2, 0.25) is 0 Å². The Morgan fingerprint density at radius 3 is 2.88 bits per heavy atom. The number of hydrogen-bond acceptors (Lipinski definition) is 3. The lowest BCUT2D eigenvalue weighted by molar-refractivity contribution is 0.281. The Bertz CT molecular complexity index is 386. The predicted octanol–water partition coefficient (Wildman–Crippen LogP) is 2.04. The number of pyridine rings is 1. The van der Waals surface area contributed by atoms with Crippen molar-refractivity contribution in [1.29, 1.82) is 0 Å². The van der Waals surface area contributed by atoms with Crippen molar-refractivity contribution in [2.75, 3.05) is 11.4 Å². The summed E-state index contributed by atoms with van der Waals surface area (Å²) in [5.41, 5.74) is 1.88. The van der Waals surface area contributed by atoms with Crippen molar-refractivity contribution in [3.63, 3.8) is 0 Å². The van der Waals surface area contributed by atoms with Crippen LogP contribution in [0.5, 0.6) is 0 Å². The van der Waals surface area contributed by atoms with Crippen molar-refractivity contribution in [2.45, 2.75) is 32.4 Å². The van der Waals surface area contributed by atoms with Crippen LogP contribution in [0, 0.1) is 6.92 Å². The van der Waals surface area contributed by atoms with E-state index in [0.29, 0.717) is 6.04 Å². The fraction of sp³-hybridized carbons (Fsp3) is 0.462. The van der Waals surface area contributed by atoms with Gasteiger partial charge in [-0.1, -0.05) is 6.08 Å². The molecular formula is C13H18N2O. The molecule has 1 heterocycles. The summed E-state index contributed by atoms with van der Waals surface area (Å²) in [5, 5.41) is 9.19. The van der Waals surface area contributed by atoms with E-state index in [1.807, 2.05) is 25.1 Å². The molecule has 86 valence electrons. The summed E-state index contributed by atoms with van der Waals surface area (Å²) in [4.78, 5) is 6.79. The van der Waals surface area contributed by atoms with Crippen molar-refractivity contribution in [3.8, 4) is 0 Å². The summed E-state index contributed by atoms with van der Waals surface area (Å²) in [5.74, 6) is 0.964. The average molecular weight is 218 g/mol. The molecule has 1 aliphatic rings. The second kappa shape index (κ2) is 4.66. The van der Waals surface area contributed by atoms with Crippen LogP contribution in [0.25, 0.3) is 0 Å². The zero-order chi connectivity index (χ0) is 11.5. The van der Waals surface area contributed by atoms with E-state index in [0.717, 1.165) is 23.6 Å². The van der Waals surface area contributed by atoms with Gasteiger partial charge in [0.15, 0.2) is 0 Å². The molecule has 0 amide bonds. The third-order valence-corrected chi connectivity index (χ3v) is 2.79. The second-order valence-electron chi connectivity index (χ2n) is 4.31. The minimum atomic E-state index is 0.0724. The SMILES string of the molecule is C=CCN(c1cc(CO)cc(C)n1)C1CC1. The summed E-state index contributed by atoms with van der Waals surface area (Å²) >= 11 is 0. The summed E-state index contributed by atoms with van der Waals surface area (Å²) < 4.78 is 0. The Hall–Kier alpha value is -1.35. The van der Waals surface area contributed by atoms with Crippen LogP contribution in [0.1, 0.15) is 24.1 Å². The number of anilines is 1. The smallest absolute Gasteiger partial charge is 0.129 e. The molecule has 2 rings (SSSR count). The number of aliphatic hydroxyl groups is 1. The summed E-state index contributed by atoms with van der Waals surface area (Å²) in [6, 6.07) is 4.50. The van der Waals surface area contributed by atoms with Crippen LogP contribution < -0.4 is 4.90 Å². The number of hydrogen-bond donors (Lipinski definition) is 1. The van der Waals surface area contributed by atoms with Gasteiger partial charge in [0.1, 0.15) is 5.82 Å². The van der Waals surface area contributed by atoms with E-state index >= 15 is 0 Å². The third kappa shape index (κ3) is 2.42. The minimum absolute atomic E-state index is 0.0724. The molecule has 0 spiro atoms. The molecule has 0 aromatic carbocycles. The standard InChI is InChI=1S/C13H18N2O/c1-3-6-15(12-4-5-12)13-8-11(9-16)7-10(2)14-13/h3,7-8,12,16H,1,4-6,9H2,2H3. The van der Waals surface area contributed by atoms with E-state index in [4.69, 9.17) is 0 Å². The molecule has 1 aromatic heterocycles. The van der Waals surface area contributed by atoms with Crippen LogP contribution in [0.3, 0.4) is 0 Å². The van der Waals surface area contributed by atoms with Gasteiger partial charge in [-0.2, -0.15) is 0 Å². The van der Waals surface area contributed by atoms with Gasteiger partial charge in [-0.05, 0) is 37.5 Å². The molecule has 3 nitrogen and oxygen atoms in total. The van der Waals surface area contributed by atoms with E-state index in [2.05, 4.69) is 16.5 Å². The molecule has 1 fully saturated rings. The van der Waals surface area contributed by atoms with Crippen molar-refractivity contribution in [2.24, 2.45) is 0 Å². The normalized spacial score (nSPS) is 14.9. The summed E-state index contributed by atoms with van der Waals surface area (Å²) in [6.45, 7) is 6.64. The molecule has 0 aliphatic heterocycles. The zero-order valence-electron chi connectivity index (χ0n) is 9.69. The highest BCUT2D eigenvalue weighted by atomic mass is 16.3. The Morgan fingerprint density at radius 1 is 1.56 bits per heavy atom.